The molecule has 2 aromatic carbocycles. The third-order valence-corrected chi connectivity index (χ3v) is 6.10. The topological polar surface area (TPSA) is 85.2 Å². The van der Waals surface area contributed by atoms with Gasteiger partial charge in [0.1, 0.15) is 5.76 Å². The maximum absolute atomic E-state index is 11.8. The molecule has 0 aliphatic carbocycles. The van der Waals surface area contributed by atoms with Crippen LogP contribution in [0.1, 0.15) is 39.8 Å². The Balaban J connectivity index is 1.59. The molecule has 3 heterocycles. The molecular weight excluding hydrogens is 388 g/mol. The number of aryl methyl sites for hydroxylation is 2. The Hall–Kier alpha value is -3.67. The Bertz CT molecular complexity index is 1280. The van der Waals surface area contributed by atoms with Crippen molar-refractivity contribution in [1.29, 1.82) is 0 Å². The van der Waals surface area contributed by atoms with E-state index in [1.807, 2.05) is 19.1 Å². The minimum absolute atomic E-state index is 0.156. The van der Waals surface area contributed by atoms with E-state index in [2.05, 4.69) is 52.5 Å². The summed E-state index contributed by atoms with van der Waals surface area (Å²) in [5.41, 5.74) is 11.6. The number of nitrogens with two attached hydrogens (primary N) is 1. The number of anilines is 1. The molecule has 1 atom stereocenters. The first kappa shape index (κ1) is 19.3. The first-order chi connectivity index (χ1) is 15.0. The van der Waals surface area contributed by atoms with Crippen molar-refractivity contribution in [2.24, 2.45) is 5.73 Å². The number of hydrogen-bond acceptors (Lipinski definition) is 5. The predicted molar refractivity (Wildman–Crippen MR) is 121 cm³/mol. The maximum atomic E-state index is 11.8. The fourth-order valence-corrected chi connectivity index (χ4v) is 4.61. The number of pyridine rings is 1. The number of benzene rings is 2. The minimum Gasteiger partial charge on any atom is -0.370 e. The van der Waals surface area contributed by atoms with Crippen molar-refractivity contribution in [3.63, 3.8) is 0 Å². The van der Waals surface area contributed by atoms with E-state index in [-0.39, 0.29) is 5.69 Å². The van der Waals surface area contributed by atoms with E-state index in [4.69, 9.17) is 15.2 Å². The van der Waals surface area contributed by atoms with Gasteiger partial charge in [0, 0.05) is 35.8 Å². The fourth-order valence-electron chi connectivity index (χ4n) is 4.61. The molecule has 0 bridgehead atoms. The van der Waals surface area contributed by atoms with Crippen LogP contribution in [-0.2, 0) is 0 Å². The van der Waals surface area contributed by atoms with E-state index in [1.165, 1.54) is 5.56 Å². The second-order valence-corrected chi connectivity index (χ2v) is 8.18. The SMILES string of the molecule is Cc1cc(N2CCC(c3ccccc3)C2)c2cc(-c3c(C(N)=O)noc3C)ccc2n1. The molecule has 1 aliphatic rings. The highest BCUT2D eigenvalue weighted by Gasteiger charge is 2.26. The molecule has 6 heteroatoms. The molecule has 156 valence electrons. The van der Waals surface area contributed by atoms with Crippen LogP contribution in [0.4, 0.5) is 5.69 Å². The Morgan fingerprint density at radius 1 is 1.13 bits per heavy atom. The van der Waals surface area contributed by atoms with Gasteiger partial charge in [-0.1, -0.05) is 41.6 Å². The van der Waals surface area contributed by atoms with Gasteiger partial charge in [-0.2, -0.15) is 0 Å². The van der Waals surface area contributed by atoms with Crippen molar-refractivity contribution in [3.8, 4) is 11.1 Å². The van der Waals surface area contributed by atoms with Crippen molar-refractivity contribution in [2.75, 3.05) is 18.0 Å². The summed E-state index contributed by atoms with van der Waals surface area (Å²) < 4.78 is 5.26. The van der Waals surface area contributed by atoms with Gasteiger partial charge in [0.15, 0.2) is 5.69 Å². The Morgan fingerprint density at radius 2 is 1.94 bits per heavy atom. The highest BCUT2D eigenvalue weighted by Crippen LogP contribution is 2.37. The lowest BCUT2D eigenvalue weighted by Crippen LogP contribution is -2.20. The summed E-state index contributed by atoms with van der Waals surface area (Å²) in [5.74, 6) is 0.481. The van der Waals surface area contributed by atoms with Gasteiger partial charge in [0.2, 0.25) is 0 Å². The number of hydrogen-bond donors (Lipinski definition) is 1. The zero-order chi connectivity index (χ0) is 21.5. The minimum atomic E-state index is -0.598. The van der Waals surface area contributed by atoms with Gasteiger partial charge in [0.05, 0.1) is 11.1 Å². The first-order valence-electron chi connectivity index (χ1n) is 10.5. The number of carbonyl (C=O) groups excluding carboxylic acids is 1. The van der Waals surface area contributed by atoms with Crippen LogP contribution in [0.3, 0.4) is 0 Å². The number of primary amides is 1. The second kappa shape index (κ2) is 7.54. The van der Waals surface area contributed by atoms with Gasteiger partial charge in [-0.05, 0) is 49.6 Å². The lowest BCUT2D eigenvalue weighted by molar-refractivity contribution is 0.0992. The molecule has 1 amide bonds. The quantitative estimate of drug-likeness (QED) is 0.529. The van der Waals surface area contributed by atoms with Crippen molar-refractivity contribution in [3.05, 3.63) is 77.3 Å². The second-order valence-electron chi connectivity index (χ2n) is 8.18. The summed E-state index contributed by atoms with van der Waals surface area (Å²) in [4.78, 5) is 19.0. The number of nitrogens with zero attached hydrogens (tertiary/aromatic N) is 3. The van der Waals surface area contributed by atoms with Crippen LogP contribution >= 0.6 is 0 Å². The van der Waals surface area contributed by atoms with Crippen LogP contribution in [0.2, 0.25) is 0 Å². The molecule has 1 aliphatic heterocycles. The number of carbonyl (C=O) groups is 1. The molecule has 2 N–H and O–H groups in total. The van der Waals surface area contributed by atoms with Gasteiger partial charge >= 0.3 is 0 Å². The maximum Gasteiger partial charge on any atom is 0.271 e. The molecule has 4 aromatic rings. The van der Waals surface area contributed by atoms with Gasteiger partial charge in [-0.3, -0.25) is 9.78 Å². The first-order valence-corrected chi connectivity index (χ1v) is 10.5. The molecular formula is C25H24N4O2. The number of aromatic nitrogens is 2. The van der Waals surface area contributed by atoms with Gasteiger partial charge in [-0.25, -0.2) is 0 Å². The molecule has 0 radical (unpaired) electrons. The Kier molecular flexibility index (Phi) is 4.70. The lowest BCUT2D eigenvalue weighted by Gasteiger charge is -2.22. The average Bonchev–Trinajstić information content (AvgIpc) is 3.41. The number of amides is 1. The van der Waals surface area contributed by atoms with Gasteiger partial charge in [-0.15, -0.1) is 0 Å². The zero-order valence-corrected chi connectivity index (χ0v) is 17.6. The van der Waals surface area contributed by atoms with Crippen molar-refractivity contribution in [1.82, 2.24) is 10.1 Å². The normalized spacial score (nSPS) is 16.2. The van der Waals surface area contributed by atoms with Crippen LogP contribution in [0.5, 0.6) is 0 Å². The predicted octanol–water partition coefficient (Wildman–Crippen LogP) is 4.60. The average molecular weight is 412 g/mol. The summed E-state index contributed by atoms with van der Waals surface area (Å²) >= 11 is 0. The van der Waals surface area contributed by atoms with E-state index in [9.17, 15) is 4.79 Å². The molecule has 6 nitrogen and oxygen atoms in total. The highest BCUT2D eigenvalue weighted by molar-refractivity contribution is 6.01. The van der Waals surface area contributed by atoms with Crippen LogP contribution in [0, 0.1) is 13.8 Å². The summed E-state index contributed by atoms with van der Waals surface area (Å²) in [7, 11) is 0. The van der Waals surface area contributed by atoms with Gasteiger partial charge < -0.3 is 15.2 Å². The van der Waals surface area contributed by atoms with Crippen LogP contribution in [0.15, 0.2) is 59.1 Å². The molecule has 1 saturated heterocycles. The van der Waals surface area contributed by atoms with Crippen molar-refractivity contribution >= 4 is 22.5 Å². The summed E-state index contributed by atoms with van der Waals surface area (Å²) in [5, 5.41) is 4.90. The van der Waals surface area contributed by atoms with E-state index < -0.39 is 5.91 Å². The lowest BCUT2D eigenvalue weighted by atomic mass is 9.98. The van der Waals surface area contributed by atoms with Gasteiger partial charge in [0.25, 0.3) is 5.91 Å². The molecule has 31 heavy (non-hydrogen) atoms. The molecule has 0 spiro atoms. The van der Waals surface area contributed by atoms with Crippen LogP contribution < -0.4 is 10.6 Å². The van der Waals surface area contributed by atoms with Crippen molar-refractivity contribution in [2.45, 2.75) is 26.2 Å². The summed E-state index contributed by atoms with van der Waals surface area (Å²) in [6.45, 7) is 5.77. The molecule has 1 fully saturated rings. The molecule has 2 aromatic heterocycles. The fraction of sp³-hybridized carbons (Fsp3) is 0.240. The van der Waals surface area contributed by atoms with Crippen LogP contribution in [0.25, 0.3) is 22.0 Å². The number of fused-ring (bicyclic) bond motifs is 1. The van der Waals surface area contributed by atoms with E-state index >= 15 is 0 Å². The van der Waals surface area contributed by atoms with Crippen molar-refractivity contribution < 1.29 is 9.32 Å². The monoisotopic (exact) mass is 412 g/mol. The van der Waals surface area contributed by atoms with E-state index in [0.717, 1.165) is 47.4 Å². The number of rotatable bonds is 4. The summed E-state index contributed by atoms with van der Waals surface area (Å²) in [6, 6.07) is 18.8. The largest absolute Gasteiger partial charge is 0.370 e. The van der Waals surface area contributed by atoms with Crippen LogP contribution in [-0.4, -0.2) is 29.1 Å². The van der Waals surface area contributed by atoms with E-state index in [0.29, 0.717) is 17.2 Å². The molecule has 5 rings (SSSR count). The summed E-state index contributed by atoms with van der Waals surface area (Å²) in [6.07, 6.45) is 1.11. The van der Waals surface area contributed by atoms with E-state index in [1.54, 1.807) is 6.92 Å². The Morgan fingerprint density at radius 3 is 2.71 bits per heavy atom. The third kappa shape index (κ3) is 3.44. The molecule has 0 saturated carbocycles. The molecule has 1 unspecified atom stereocenters. The smallest absolute Gasteiger partial charge is 0.271 e. The standard InChI is InChI=1S/C25H24N4O2/c1-15-12-22(29-11-10-19(14-29)17-6-4-3-5-7-17)20-13-18(8-9-21(20)27-15)23-16(2)31-28-24(23)25(26)30/h3-9,12-13,19H,10-11,14H2,1-2H3,(H2,26,30). The zero-order valence-electron chi connectivity index (χ0n) is 17.6. The highest BCUT2D eigenvalue weighted by atomic mass is 16.5. The Labute approximate surface area is 180 Å². The third-order valence-electron chi connectivity index (χ3n) is 6.10.